The van der Waals surface area contributed by atoms with Crippen molar-refractivity contribution in [1.29, 1.82) is 5.26 Å². The first kappa shape index (κ1) is 16.1. The van der Waals surface area contributed by atoms with Crippen molar-refractivity contribution in [2.75, 3.05) is 0 Å². The van der Waals surface area contributed by atoms with Gasteiger partial charge in [-0.15, -0.1) is 0 Å². The summed E-state index contributed by atoms with van der Waals surface area (Å²) in [7, 11) is -3.89. The summed E-state index contributed by atoms with van der Waals surface area (Å²) in [6.07, 6.45) is 0.504. The monoisotopic (exact) mass is 297 g/mol. The molecule has 1 aromatic rings. The number of sulfonamides is 1. The summed E-state index contributed by atoms with van der Waals surface area (Å²) in [5.74, 6) is 0. The van der Waals surface area contributed by atoms with Crippen LogP contribution in [0.25, 0.3) is 0 Å². The molecule has 7 nitrogen and oxygen atoms in total. The molecule has 1 N–H and O–H groups in total. The van der Waals surface area contributed by atoms with E-state index in [1.807, 2.05) is 6.07 Å². The summed E-state index contributed by atoms with van der Waals surface area (Å²) >= 11 is 0. The van der Waals surface area contributed by atoms with Crippen LogP contribution in [0.1, 0.15) is 25.3 Å². The van der Waals surface area contributed by atoms with Gasteiger partial charge in [-0.05, 0) is 18.9 Å². The van der Waals surface area contributed by atoms with Crippen LogP contribution < -0.4 is 4.72 Å². The van der Waals surface area contributed by atoms with Gasteiger partial charge in [-0.1, -0.05) is 13.0 Å². The molecule has 108 valence electrons. The second-order valence-corrected chi connectivity index (χ2v) is 5.98. The van der Waals surface area contributed by atoms with Crippen LogP contribution in [-0.4, -0.2) is 19.4 Å². The molecular weight excluding hydrogens is 282 g/mol. The zero-order valence-corrected chi connectivity index (χ0v) is 12.0. The first-order chi connectivity index (χ1) is 9.31. The Hall–Kier alpha value is -1.98. The minimum Gasteiger partial charge on any atom is -0.258 e. The van der Waals surface area contributed by atoms with Gasteiger partial charge in [0.15, 0.2) is 0 Å². The van der Waals surface area contributed by atoms with E-state index in [-0.39, 0.29) is 17.0 Å². The Balaban J connectivity index is 3.18. The standard InChI is InChI=1S/C12H15N3O4S/c1-3-10(6-7-13)14-20(18,19)12-8-11(15(16)17)5-4-9(12)2/h4-5,8,10,14H,3,6H2,1-2H3. The molecule has 1 atom stereocenters. The third-order valence-electron chi connectivity index (χ3n) is 2.82. The molecular formula is C12H15N3O4S. The second-order valence-electron chi connectivity index (χ2n) is 4.30. The van der Waals surface area contributed by atoms with Crippen molar-refractivity contribution in [3.05, 3.63) is 33.9 Å². The molecule has 0 fully saturated rings. The molecule has 20 heavy (non-hydrogen) atoms. The van der Waals surface area contributed by atoms with E-state index < -0.39 is 21.0 Å². The Morgan fingerprint density at radius 1 is 1.50 bits per heavy atom. The van der Waals surface area contributed by atoms with Gasteiger partial charge in [0.1, 0.15) is 0 Å². The van der Waals surface area contributed by atoms with E-state index >= 15 is 0 Å². The maximum absolute atomic E-state index is 12.2. The van der Waals surface area contributed by atoms with Crippen LogP contribution in [0, 0.1) is 28.4 Å². The average molecular weight is 297 g/mol. The van der Waals surface area contributed by atoms with E-state index in [1.165, 1.54) is 12.1 Å². The topological polar surface area (TPSA) is 113 Å². The molecule has 0 radical (unpaired) electrons. The van der Waals surface area contributed by atoms with Gasteiger partial charge in [0.05, 0.1) is 22.3 Å². The van der Waals surface area contributed by atoms with Gasteiger partial charge >= 0.3 is 0 Å². The summed E-state index contributed by atoms with van der Waals surface area (Å²) in [6.45, 7) is 3.31. The molecule has 0 bridgehead atoms. The fourth-order valence-corrected chi connectivity index (χ4v) is 3.24. The van der Waals surface area contributed by atoms with Crippen LogP contribution in [0.3, 0.4) is 0 Å². The Morgan fingerprint density at radius 2 is 2.15 bits per heavy atom. The van der Waals surface area contributed by atoms with Gasteiger partial charge in [-0.25, -0.2) is 13.1 Å². The second kappa shape index (κ2) is 6.45. The molecule has 0 aliphatic rings. The first-order valence-corrected chi connectivity index (χ1v) is 7.44. The highest BCUT2D eigenvalue weighted by atomic mass is 32.2. The summed E-state index contributed by atoms with van der Waals surface area (Å²) < 4.78 is 26.9. The van der Waals surface area contributed by atoms with Crippen molar-refractivity contribution in [3.63, 3.8) is 0 Å². The van der Waals surface area contributed by atoms with Crippen molar-refractivity contribution in [3.8, 4) is 6.07 Å². The number of nitriles is 1. The smallest absolute Gasteiger partial charge is 0.258 e. The molecule has 0 amide bonds. The Kier molecular flexibility index (Phi) is 5.19. The number of aryl methyl sites for hydroxylation is 1. The van der Waals surface area contributed by atoms with Crippen LogP contribution in [0.5, 0.6) is 0 Å². The van der Waals surface area contributed by atoms with Gasteiger partial charge < -0.3 is 0 Å². The SMILES string of the molecule is CCC(CC#N)NS(=O)(=O)c1cc([N+](=O)[O-])ccc1C. The van der Waals surface area contributed by atoms with Crippen molar-refractivity contribution in [2.24, 2.45) is 0 Å². The number of hydrogen-bond donors (Lipinski definition) is 1. The molecule has 0 spiro atoms. The highest BCUT2D eigenvalue weighted by Crippen LogP contribution is 2.22. The van der Waals surface area contributed by atoms with Crippen LogP contribution in [0.2, 0.25) is 0 Å². The zero-order valence-electron chi connectivity index (χ0n) is 11.2. The van der Waals surface area contributed by atoms with E-state index in [9.17, 15) is 18.5 Å². The van der Waals surface area contributed by atoms with Crippen LogP contribution in [-0.2, 0) is 10.0 Å². The average Bonchev–Trinajstić information content (AvgIpc) is 2.37. The molecule has 0 saturated heterocycles. The van der Waals surface area contributed by atoms with Crippen molar-refractivity contribution in [2.45, 2.75) is 37.6 Å². The molecule has 0 heterocycles. The number of nitro groups is 1. The Labute approximate surface area is 117 Å². The zero-order chi connectivity index (χ0) is 15.3. The number of nitrogens with zero attached hydrogens (tertiary/aromatic N) is 2. The molecule has 0 aliphatic heterocycles. The third kappa shape index (κ3) is 3.76. The van der Waals surface area contributed by atoms with Crippen molar-refractivity contribution in [1.82, 2.24) is 4.72 Å². The molecule has 0 aromatic heterocycles. The van der Waals surface area contributed by atoms with E-state index in [0.717, 1.165) is 6.07 Å². The highest BCUT2D eigenvalue weighted by molar-refractivity contribution is 7.89. The van der Waals surface area contributed by atoms with Crippen molar-refractivity contribution < 1.29 is 13.3 Å². The Bertz CT molecular complexity index is 649. The first-order valence-electron chi connectivity index (χ1n) is 5.96. The predicted octanol–water partition coefficient (Wildman–Crippen LogP) is 1.87. The van der Waals surface area contributed by atoms with Gasteiger partial charge in [-0.2, -0.15) is 5.26 Å². The maximum Gasteiger partial charge on any atom is 0.270 e. The van der Waals surface area contributed by atoms with Gasteiger partial charge in [-0.3, -0.25) is 10.1 Å². The minimum atomic E-state index is -3.89. The normalized spacial score (nSPS) is 12.7. The largest absolute Gasteiger partial charge is 0.270 e. The minimum absolute atomic E-state index is 0.0453. The lowest BCUT2D eigenvalue weighted by molar-refractivity contribution is -0.385. The van der Waals surface area contributed by atoms with E-state index in [2.05, 4.69) is 4.72 Å². The van der Waals surface area contributed by atoms with Gasteiger partial charge in [0.2, 0.25) is 10.0 Å². The summed E-state index contributed by atoms with van der Waals surface area (Å²) in [6, 6.07) is 5.05. The molecule has 8 heteroatoms. The number of nitro benzene ring substituents is 1. The highest BCUT2D eigenvalue weighted by Gasteiger charge is 2.23. The summed E-state index contributed by atoms with van der Waals surface area (Å²) in [5, 5.41) is 19.4. The van der Waals surface area contributed by atoms with Gasteiger partial charge in [0.25, 0.3) is 5.69 Å². The number of nitrogens with one attached hydrogen (secondary N) is 1. The molecule has 0 aliphatic carbocycles. The van der Waals surface area contributed by atoms with Crippen molar-refractivity contribution >= 4 is 15.7 Å². The lowest BCUT2D eigenvalue weighted by Gasteiger charge is -2.15. The molecule has 1 unspecified atom stereocenters. The summed E-state index contributed by atoms with van der Waals surface area (Å²) in [5.41, 5.74) is 0.124. The van der Waals surface area contributed by atoms with Crippen LogP contribution in [0.4, 0.5) is 5.69 Å². The number of non-ortho nitro benzene ring substituents is 1. The van der Waals surface area contributed by atoms with E-state index in [0.29, 0.717) is 12.0 Å². The quantitative estimate of drug-likeness (QED) is 0.636. The number of benzene rings is 1. The van der Waals surface area contributed by atoms with Crippen LogP contribution >= 0.6 is 0 Å². The third-order valence-corrected chi connectivity index (χ3v) is 4.49. The number of hydrogen-bond acceptors (Lipinski definition) is 5. The fraction of sp³-hybridized carbons (Fsp3) is 0.417. The lowest BCUT2D eigenvalue weighted by Crippen LogP contribution is -2.34. The van der Waals surface area contributed by atoms with Gasteiger partial charge in [0, 0.05) is 18.2 Å². The maximum atomic E-state index is 12.2. The molecule has 1 aromatic carbocycles. The Morgan fingerprint density at radius 3 is 2.65 bits per heavy atom. The van der Waals surface area contributed by atoms with Crippen LogP contribution in [0.15, 0.2) is 23.1 Å². The lowest BCUT2D eigenvalue weighted by atomic mass is 10.2. The number of rotatable bonds is 6. The molecule has 1 rings (SSSR count). The molecule has 0 saturated carbocycles. The fourth-order valence-electron chi connectivity index (χ4n) is 1.65. The van der Waals surface area contributed by atoms with E-state index in [1.54, 1.807) is 13.8 Å². The predicted molar refractivity (Wildman–Crippen MR) is 72.5 cm³/mol. The van der Waals surface area contributed by atoms with E-state index in [4.69, 9.17) is 5.26 Å². The summed E-state index contributed by atoms with van der Waals surface area (Å²) in [4.78, 5) is 9.94.